The SMILES string of the molecule is OCc1cn([C@@H]2CCC[C@]3(CCC[C@@H](CO)O3)O2)nn1. The maximum absolute atomic E-state index is 9.29. The van der Waals surface area contributed by atoms with Crippen LogP contribution >= 0.6 is 0 Å². The minimum absolute atomic E-state index is 0.0355. The number of hydrogen-bond donors (Lipinski definition) is 2. The van der Waals surface area contributed by atoms with Crippen LogP contribution in [0.5, 0.6) is 0 Å². The summed E-state index contributed by atoms with van der Waals surface area (Å²) in [6.45, 7) is -0.0886. The van der Waals surface area contributed by atoms with E-state index in [0.717, 1.165) is 38.5 Å². The second-order valence-electron chi connectivity index (χ2n) is 5.54. The monoisotopic (exact) mass is 283 g/mol. The van der Waals surface area contributed by atoms with E-state index in [-0.39, 0.29) is 25.5 Å². The first-order valence-electron chi connectivity index (χ1n) is 7.23. The highest BCUT2D eigenvalue weighted by Crippen LogP contribution is 2.41. The molecule has 20 heavy (non-hydrogen) atoms. The van der Waals surface area contributed by atoms with Gasteiger partial charge in [0.2, 0.25) is 0 Å². The van der Waals surface area contributed by atoms with Gasteiger partial charge in [-0.1, -0.05) is 5.21 Å². The van der Waals surface area contributed by atoms with Gasteiger partial charge in [0.05, 0.1) is 25.5 Å². The summed E-state index contributed by atoms with van der Waals surface area (Å²) >= 11 is 0. The van der Waals surface area contributed by atoms with Crippen molar-refractivity contribution in [2.45, 2.75) is 63.3 Å². The molecule has 2 N–H and O–H groups in total. The third-order valence-electron chi connectivity index (χ3n) is 4.04. The maximum Gasteiger partial charge on any atom is 0.171 e. The summed E-state index contributed by atoms with van der Waals surface area (Å²) in [7, 11) is 0. The van der Waals surface area contributed by atoms with Crippen molar-refractivity contribution in [2.75, 3.05) is 6.61 Å². The van der Waals surface area contributed by atoms with E-state index in [1.807, 2.05) is 0 Å². The van der Waals surface area contributed by atoms with E-state index in [0.29, 0.717) is 5.69 Å². The molecule has 1 aromatic heterocycles. The fraction of sp³-hybridized carbons (Fsp3) is 0.846. The van der Waals surface area contributed by atoms with Gasteiger partial charge in [0.15, 0.2) is 12.0 Å². The maximum atomic E-state index is 9.29. The molecular formula is C13H21N3O4. The van der Waals surface area contributed by atoms with E-state index < -0.39 is 5.79 Å². The van der Waals surface area contributed by atoms with Gasteiger partial charge in [0.1, 0.15) is 5.69 Å². The lowest BCUT2D eigenvalue weighted by atomic mass is 9.94. The molecule has 0 unspecified atom stereocenters. The third-order valence-corrected chi connectivity index (χ3v) is 4.04. The van der Waals surface area contributed by atoms with Gasteiger partial charge in [0.25, 0.3) is 0 Å². The molecule has 0 saturated carbocycles. The van der Waals surface area contributed by atoms with Crippen molar-refractivity contribution in [3.05, 3.63) is 11.9 Å². The predicted molar refractivity (Wildman–Crippen MR) is 68.5 cm³/mol. The van der Waals surface area contributed by atoms with E-state index in [4.69, 9.17) is 14.6 Å². The number of aromatic nitrogens is 3. The number of hydrogen-bond acceptors (Lipinski definition) is 6. The van der Waals surface area contributed by atoms with Gasteiger partial charge < -0.3 is 19.7 Å². The van der Waals surface area contributed by atoms with E-state index in [1.54, 1.807) is 10.9 Å². The number of aliphatic hydroxyl groups is 2. The Hall–Kier alpha value is -1.02. The van der Waals surface area contributed by atoms with Crippen LogP contribution in [-0.4, -0.2) is 43.7 Å². The molecule has 0 amide bonds. The Morgan fingerprint density at radius 1 is 1.25 bits per heavy atom. The molecule has 7 nitrogen and oxygen atoms in total. The van der Waals surface area contributed by atoms with E-state index in [9.17, 15) is 5.11 Å². The van der Waals surface area contributed by atoms with Crippen molar-refractivity contribution in [1.29, 1.82) is 0 Å². The van der Waals surface area contributed by atoms with Crippen LogP contribution in [0.15, 0.2) is 6.20 Å². The fourth-order valence-corrected chi connectivity index (χ4v) is 3.04. The zero-order chi connectivity index (χ0) is 14.0. The topological polar surface area (TPSA) is 89.6 Å². The zero-order valence-electron chi connectivity index (χ0n) is 11.4. The Balaban J connectivity index is 1.72. The summed E-state index contributed by atoms with van der Waals surface area (Å²) in [5.41, 5.74) is 0.533. The molecule has 0 aliphatic carbocycles. The molecule has 0 bridgehead atoms. The Morgan fingerprint density at radius 3 is 2.75 bits per heavy atom. The molecule has 2 aliphatic heterocycles. The summed E-state index contributed by atoms with van der Waals surface area (Å²) in [6, 6.07) is 0. The molecule has 0 aromatic carbocycles. The molecule has 2 saturated heterocycles. The minimum Gasteiger partial charge on any atom is -0.394 e. The van der Waals surface area contributed by atoms with Gasteiger partial charge in [-0.25, -0.2) is 4.68 Å². The molecule has 7 heteroatoms. The normalized spacial score (nSPS) is 34.5. The second-order valence-corrected chi connectivity index (χ2v) is 5.54. The van der Waals surface area contributed by atoms with Gasteiger partial charge >= 0.3 is 0 Å². The molecule has 3 atom stereocenters. The van der Waals surface area contributed by atoms with Crippen LogP contribution in [-0.2, 0) is 16.1 Å². The first-order chi connectivity index (χ1) is 9.74. The lowest BCUT2D eigenvalue weighted by molar-refractivity contribution is -0.332. The van der Waals surface area contributed by atoms with Crippen LogP contribution in [0.1, 0.15) is 50.4 Å². The van der Waals surface area contributed by atoms with Crippen LogP contribution in [0.2, 0.25) is 0 Å². The highest BCUT2D eigenvalue weighted by atomic mass is 16.7. The smallest absolute Gasteiger partial charge is 0.171 e. The number of ether oxygens (including phenoxy) is 2. The van der Waals surface area contributed by atoms with E-state index >= 15 is 0 Å². The predicted octanol–water partition coefficient (Wildman–Crippen LogP) is 0.727. The molecule has 1 spiro atoms. The van der Waals surface area contributed by atoms with Crippen LogP contribution in [0.25, 0.3) is 0 Å². The van der Waals surface area contributed by atoms with Gasteiger partial charge in [-0.3, -0.25) is 0 Å². The molecule has 112 valence electrons. The van der Waals surface area contributed by atoms with Crippen LogP contribution in [0, 0.1) is 0 Å². The van der Waals surface area contributed by atoms with E-state index in [1.165, 1.54) is 0 Å². The summed E-state index contributed by atoms with van der Waals surface area (Å²) in [6.07, 6.45) is 6.76. The largest absolute Gasteiger partial charge is 0.394 e. The molecule has 0 radical (unpaired) electrons. The lowest BCUT2D eigenvalue weighted by Gasteiger charge is -2.45. The minimum atomic E-state index is -0.597. The zero-order valence-corrected chi connectivity index (χ0v) is 11.4. The van der Waals surface area contributed by atoms with Crippen LogP contribution < -0.4 is 0 Å². The molecular weight excluding hydrogens is 262 g/mol. The average Bonchev–Trinajstić information content (AvgIpc) is 2.96. The first kappa shape index (κ1) is 13.9. The van der Waals surface area contributed by atoms with Gasteiger partial charge in [0, 0.05) is 12.8 Å². The molecule has 1 aromatic rings. The average molecular weight is 283 g/mol. The Labute approximate surface area is 117 Å². The highest BCUT2D eigenvalue weighted by molar-refractivity contribution is 4.91. The number of aliphatic hydroxyl groups excluding tert-OH is 2. The van der Waals surface area contributed by atoms with Gasteiger partial charge in [-0.15, -0.1) is 5.10 Å². The quantitative estimate of drug-likeness (QED) is 0.850. The Kier molecular flexibility index (Phi) is 4.02. The highest BCUT2D eigenvalue weighted by Gasteiger charge is 2.43. The van der Waals surface area contributed by atoms with Crippen molar-refractivity contribution < 1.29 is 19.7 Å². The van der Waals surface area contributed by atoms with Crippen molar-refractivity contribution >= 4 is 0 Å². The summed E-state index contributed by atoms with van der Waals surface area (Å²) in [5, 5.41) is 26.2. The first-order valence-corrected chi connectivity index (χ1v) is 7.23. The fourth-order valence-electron chi connectivity index (χ4n) is 3.04. The van der Waals surface area contributed by atoms with Crippen molar-refractivity contribution in [2.24, 2.45) is 0 Å². The number of nitrogens with zero attached hydrogens (tertiary/aromatic N) is 3. The van der Waals surface area contributed by atoms with Crippen molar-refractivity contribution in [1.82, 2.24) is 15.0 Å². The van der Waals surface area contributed by atoms with Crippen molar-refractivity contribution in [3.8, 4) is 0 Å². The summed E-state index contributed by atoms with van der Waals surface area (Å²) < 4.78 is 13.8. The molecule has 3 rings (SSSR count). The van der Waals surface area contributed by atoms with E-state index in [2.05, 4.69) is 10.3 Å². The Morgan fingerprint density at radius 2 is 2.05 bits per heavy atom. The Bertz CT molecular complexity index is 449. The summed E-state index contributed by atoms with van der Waals surface area (Å²) in [4.78, 5) is 0. The lowest BCUT2D eigenvalue weighted by Crippen LogP contribution is -2.47. The van der Waals surface area contributed by atoms with Gasteiger partial charge in [-0.2, -0.15) is 0 Å². The second kappa shape index (κ2) is 5.77. The van der Waals surface area contributed by atoms with Gasteiger partial charge in [-0.05, 0) is 25.7 Å². The molecule has 3 heterocycles. The molecule has 2 aliphatic rings. The molecule has 2 fully saturated rings. The summed E-state index contributed by atoms with van der Waals surface area (Å²) in [5.74, 6) is -0.597. The number of rotatable bonds is 3. The standard InChI is InChI=1S/C13H21N3O4/c17-8-10-7-16(15-14-10)12-4-2-6-13(20-12)5-1-3-11(9-18)19-13/h7,11-12,17-18H,1-6,8-9H2/t11-,12-,13-/m0/s1. The third kappa shape index (κ3) is 2.71. The van der Waals surface area contributed by atoms with Crippen LogP contribution in [0.4, 0.5) is 0 Å². The van der Waals surface area contributed by atoms with Crippen LogP contribution in [0.3, 0.4) is 0 Å². The van der Waals surface area contributed by atoms with Crippen molar-refractivity contribution in [3.63, 3.8) is 0 Å².